The summed E-state index contributed by atoms with van der Waals surface area (Å²) in [6, 6.07) is 8.02. The lowest BCUT2D eigenvalue weighted by molar-refractivity contribution is 0.395. The van der Waals surface area contributed by atoms with E-state index in [1.165, 1.54) is 37.4 Å². The van der Waals surface area contributed by atoms with E-state index in [0.717, 1.165) is 6.07 Å². The average Bonchev–Trinajstić information content (AvgIpc) is 2.48. The quantitative estimate of drug-likeness (QED) is 0.629. The highest BCUT2D eigenvalue weighted by Gasteiger charge is 2.19. The van der Waals surface area contributed by atoms with Gasteiger partial charge in [0.25, 0.3) is 0 Å². The van der Waals surface area contributed by atoms with Crippen LogP contribution in [-0.4, -0.2) is 22.4 Å². The molecule has 0 saturated carbocycles. The van der Waals surface area contributed by atoms with Gasteiger partial charge in [-0.15, -0.1) is 0 Å². The maximum atomic E-state index is 11.5. The van der Waals surface area contributed by atoms with Gasteiger partial charge in [0.2, 0.25) is 0 Å². The molecule has 0 amide bonds. The molecule has 6 heteroatoms. The topological polar surface area (TPSA) is 100 Å². The Labute approximate surface area is 124 Å². The van der Waals surface area contributed by atoms with Crippen LogP contribution in [0.25, 0.3) is 22.6 Å². The zero-order chi connectivity index (χ0) is 15.9. The molecule has 1 aromatic carbocycles. The molecule has 6 nitrogen and oxygen atoms in total. The fraction of sp³-hybridized carbons (Fsp3) is 0.0625. The predicted octanol–water partition coefficient (Wildman–Crippen LogP) is 2.54. The molecular formula is C16H12O6. The number of methoxy groups -OCH3 is 1. The van der Waals surface area contributed by atoms with Gasteiger partial charge in [-0.05, 0) is 24.3 Å². The molecule has 0 bridgehead atoms. The highest BCUT2D eigenvalue weighted by atomic mass is 16.5. The normalized spacial score (nSPS) is 10.8. The van der Waals surface area contributed by atoms with E-state index in [4.69, 9.17) is 9.15 Å². The largest absolute Gasteiger partial charge is 0.507 e. The first-order valence-electron chi connectivity index (χ1n) is 6.37. The third-order valence-electron chi connectivity index (χ3n) is 3.26. The number of phenols is 3. The molecule has 0 radical (unpaired) electrons. The van der Waals surface area contributed by atoms with Gasteiger partial charge >= 0.3 is 0 Å². The highest BCUT2D eigenvalue weighted by Crippen LogP contribution is 2.41. The number of hydrogen-bond donors (Lipinski definition) is 3. The Morgan fingerprint density at radius 3 is 2.41 bits per heavy atom. The van der Waals surface area contributed by atoms with Gasteiger partial charge in [0.1, 0.15) is 11.5 Å². The summed E-state index contributed by atoms with van der Waals surface area (Å²) in [7, 11) is 1.43. The number of rotatable bonds is 2. The van der Waals surface area contributed by atoms with Gasteiger partial charge in [0.15, 0.2) is 28.4 Å². The fourth-order valence-electron chi connectivity index (χ4n) is 2.19. The van der Waals surface area contributed by atoms with Gasteiger partial charge in [-0.3, -0.25) is 4.79 Å². The molecule has 0 fully saturated rings. The second-order valence-electron chi connectivity index (χ2n) is 4.70. The molecule has 3 N–H and O–H groups in total. The number of aromatic hydroxyl groups is 3. The van der Waals surface area contributed by atoms with E-state index in [-0.39, 0.29) is 28.8 Å². The van der Waals surface area contributed by atoms with Crippen LogP contribution in [0.5, 0.6) is 23.0 Å². The first-order chi connectivity index (χ1) is 10.5. The summed E-state index contributed by atoms with van der Waals surface area (Å²) in [5, 5.41) is 28.8. The van der Waals surface area contributed by atoms with Gasteiger partial charge in [0.05, 0.1) is 12.7 Å². The minimum absolute atomic E-state index is 0.188. The second-order valence-corrected chi connectivity index (χ2v) is 4.70. The van der Waals surface area contributed by atoms with Gasteiger partial charge < -0.3 is 24.5 Å². The number of ether oxygens (including phenoxy) is 1. The summed E-state index contributed by atoms with van der Waals surface area (Å²) in [5.41, 5.74) is 0.395. The lowest BCUT2D eigenvalue weighted by Crippen LogP contribution is -2.00. The van der Waals surface area contributed by atoms with E-state index in [1.54, 1.807) is 0 Å². The SMILES string of the molecule is COc1cc2c(O)cc(=O)cc-2oc1-c1ccc(O)c(O)c1. The van der Waals surface area contributed by atoms with E-state index in [2.05, 4.69) is 0 Å². The number of fused-ring (bicyclic) bond motifs is 1. The van der Waals surface area contributed by atoms with E-state index >= 15 is 0 Å². The van der Waals surface area contributed by atoms with Crippen LogP contribution in [0, 0.1) is 0 Å². The Bertz CT molecular complexity index is 880. The van der Waals surface area contributed by atoms with Gasteiger partial charge in [-0.1, -0.05) is 0 Å². The molecule has 112 valence electrons. The van der Waals surface area contributed by atoms with Crippen molar-refractivity contribution in [3.8, 4) is 45.6 Å². The monoisotopic (exact) mass is 300 g/mol. The van der Waals surface area contributed by atoms with Gasteiger partial charge in [0, 0.05) is 17.7 Å². The number of phenolic OH excluding ortho intramolecular Hbond substituents is 3. The van der Waals surface area contributed by atoms with Crippen molar-refractivity contribution < 1.29 is 24.5 Å². The van der Waals surface area contributed by atoms with Crippen LogP contribution in [0.15, 0.2) is 45.6 Å². The molecular weight excluding hydrogens is 288 g/mol. The lowest BCUT2D eigenvalue weighted by atomic mass is 10.1. The minimum atomic E-state index is -0.390. The van der Waals surface area contributed by atoms with E-state index in [9.17, 15) is 20.1 Å². The van der Waals surface area contributed by atoms with E-state index in [0.29, 0.717) is 16.9 Å². The van der Waals surface area contributed by atoms with Crippen molar-refractivity contribution in [2.75, 3.05) is 7.11 Å². The fourth-order valence-corrected chi connectivity index (χ4v) is 2.19. The summed E-state index contributed by atoms with van der Waals surface area (Å²) in [4.78, 5) is 11.5. The molecule has 0 aromatic heterocycles. The van der Waals surface area contributed by atoms with Crippen LogP contribution < -0.4 is 10.2 Å². The second kappa shape index (κ2) is 5.00. The van der Waals surface area contributed by atoms with Crippen LogP contribution in [0.2, 0.25) is 0 Å². The minimum Gasteiger partial charge on any atom is -0.507 e. The molecule has 1 aromatic rings. The third-order valence-corrected chi connectivity index (χ3v) is 3.26. The smallest absolute Gasteiger partial charge is 0.186 e. The molecule has 0 atom stereocenters. The summed E-state index contributed by atoms with van der Waals surface area (Å²) in [6.07, 6.45) is 0. The molecule has 2 aliphatic rings. The molecule has 1 heterocycles. The molecule has 0 spiro atoms. The van der Waals surface area contributed by atoms with Crippen molar-refractivity contribution in [3.05, 3.63) is 46.6 Å². The van der Waals surface area contributed by atoms with Crippen LogP contribution in [0.1, 0.15) is 0 Å². The third kappa shape index (κ3) is 2.20. The summed E-state index contributed by atoms with van der Waals surface area (Å²) < 4.78 is 10.9. The Balaban J connectivity index is 2.31. The van der Waals surface area contributed by atoms with Crippen molar-refractivity contribution in [3.63, 3.8) is 0 Å². The van der Waals surface area contributed by atoms with E-state index in [1.807, 2.05) is 0 Å². The van der Waals surface area contributed by atoms with Crippen LogP contribution in [0.3, 0.4) is 0 Å². The zero-order valence-electron chi connectivity index (χ0n) is 11.5. The van der Waals surface area contributed by atoms with Crippen molar-refractivity contribution >= 4 is 0 Å². The molecule has 1 aliphatic heterocycles. The zero-order valence-corrected chi connectivity index (χ0v) is 11.5. The van der Waals surface area contributed by atoms with Crippen molar-refractivity contribution in [2.24, 2.45) is 0 Å². The first kappa shape index (κ1) is 13.8. The summed E-state index contributed by atoms with van der Waals surface area (Å²) in [5.74, 6) is -0.0156. The highest BCUT2D eigenvalue weighted by molar-refractivity contribution is 5.75. The lowest BCUT2D eigenvalue weighted by Gasteiger charge is -2.13. The molecule has 3 rings (SSSR count). The van der Waals surface area contributed by atoms with E-state index < -0.39 is 5.43 Å². The molecule has 0 unspecified atom stereocenters. The Kier molecular flexibility index (Phi) is 3.14. The molecule has 22 heavy (non-hydrogen) atoms. The molecule has 1 aliphatic carbocycles. The van der Waals surface area contributed by atoms with Crippen LogP contribution >= 0.6 is 0 Å². The van der Waals surface area contributed by atoms with Crippen molar-refractivity contribution in [2.45, 2.75) is 0 Å². The Morgan fingerprint density at radius 2 is 1.73 bits per heavy atom. The number of hydrogen-bond acceptors (Lipinski definition) is 6. The van der Waals surface area contributed by atoms with Crippen molar-refractivity contribution in [1.82, 2.24) is 0 Å². The maximum Gasteiger partial charge on any atom is 0.186 e. The predicted molar refractivity (Wildman–Crippen MR) is 78.6 cm³/mol. The molecule has 0 saturated heterocycles. The van der Waals surface area contributed by atoms with Gasteiger partial charge in [-0.25, -0.2) is 0 Å². The van der Waals surface area contributed by atoms with Crippen LogP contribution in [0.4, 0.5) is 0 Å². The summed E-state index contributed by atoms with van der Waals surface area (Å²) >= 11 is 0. The van der Waals surface area contributed by atoms with Crippen LogP contribution in [-0.2, 0) is 0 Å². The Hall–Kier alpha value is -3.15. The summed E-state index contributed by atoms with van der Waals surface area (Å²) in [6.45, 7) is 0. The van der Waals surface area contributed by atoms with Gasteiger partial charge in [-0.2, -0.15) is 0 Å². The Morgan fingerprint density at radius 1 is 0.955 bits per heavy atom. The number of benzene rings is 2. The first-order valence-corrected chi connectivity index (χ1v) is 6.37. The van der Waals surface area contributed by atoms with Crippen molar-refractivity contribution in [1.29, 1.82) is 0 Å². The standard InChI is InChI=1S/C16H12O6/c1-21-15-7-10-12(19)5-9(17)6-14(10)22-16(15)8-2-3-11(18)13(20)4-8/h2-7,18-20H,1H3. The maximum absolute atomic E-state index is 11.5. The average molecular weight is 300 g/mol.